The molecule has 72 valence electrons. The van der Waals surface area contributed by atoms with Gasteiger partial charge in [-0.25, -0.2) is 0 Å². The van der Waals surface area contributed by atoms with E-state index in [1.54, 1.807) is 21.1 Å². The first kappa shape index (κ1) is 11.4. The van der Waals surface area contributed by atoms with Gasteiger partial charge in [-0.1, -0.05) is 0 Å². The molecule has 0 saturated heterocycles. The van der Waals surface area contributed by atoms with Crippen molar-refractivity contribution >= 4 is 5.97 Å². The number of carbonyl (C=O) groups excluding carboxylic acids is 1. The van der Waals surface area contributed by atoms with Crippen molar-refractivity contribution in [3.8, 4) is 0 Å². The first-order chi connectivity index (χ1) is 5.74. The number of hydrogen-bond acceptors (Lipinski definition) is 4. The first-order valence-corrected chi connectivity index (χ1v) is 3.91. The molecule has 0 radical (unpaired) electrons. The zero-order valence-electron chi connectivity index (χ0n) is 7.83. The van der Waals surface area contributed by atoms with Crippen molar-refractivity contribution in [1.82, 2.24) is 0 Å². The molecule has 0 aromatic carbocycles. The highest BCUT2D eigenvalue weighted by atomic mass is 16.5. The second-order valence-electron chi connectivity index (χ2n) is 2.32. The minimum Gasteiger partial charge on any atom is -0.466 e. The third-order valence-corrected chi connectivity index (χ3v) is 1.39. The van der Waals surface area contributed by atoms with E-state index in [1.165, 1.54) is 0 Å². The second-order valence-corrected chi connectivity index (χ2v) is 2.32. The average Bonchev–Trinajstić information content (AvgIpc) is 2.04. The molecule has 0 spiro atoms. The number of hydrogen-bond donors (Lipinski definition) is 0. The van der Waals surface area contributed by atoms with Crippen LogP contribution in [0, 0.1) is 0 Å². The van der Waals surface area contributed by atoms with E-state index in [-0.39, 0.29) is 18.5 Å². The number of esters is 1. The number of rotatable bonds is 6. The SMILES string of the molecule is CCOC(=O)CC(COC)OC. The summed E-state index contributed by atoms with van der Waals surface area (Å²) in [5, 5.41) is 0. The topological polar surface area (TPSA) is 44.8 Å². The van der Waals surface area contributed by atoms with Crippen molar-refractivity contribution < 1.29 is 19.0 Å². The predicted octanol–water partition coefficient (Wildman–Crippen LogP) is 0.601. The lowest BCUT2D eigenvalue weighted by molar-refractivity contribution is -0.146. The van der Waals surface area contributed by atoms with E-state index >= 15 is 0 Å². The second kappa shape index (κ2) is 7.06. The van der Waals surface area contributed by atoms with Crippen molar-refractivity contribution in [3.05, 3.63) is 0 Å². The van der Waals surface area contributed by atoms with Crippen molar-refractivity contribution in [1.29, 1.82) is 0 Å². The summed E-state index contributed by atoms with van der Waals surface area (Å²) in [4.78, 5) is 10.9. The molecule has 0 fully saturated rings. The van der Waals surface area contributed by atoms with Crippen LogP contribution in [0.4, 0.5) is 0 Å². The van der Waals surface area contributed by atoms with E-state index in [9.17, 15) is 4.79 Å². The molecule has 4 heteroatoms. The van der Waals surface area contributed by atoms with Gasteiger partial charge in [-0.15, -0.1) is 0 Å². The number of methoxy groups -OCH3 is 2. The van der Waals surface area contributed by atoms with Crippen LogP contribution in [-0.2, 0) is 19.0 Å². The highest BCUT2D eigenvalue weighted by Crippen LogP contribution is 1.99. The third kappa shape index (κ3) is 5.09. The lowest BCUT2D eigenvalue weighted by Gasteiger charge is -2.12. The standard InChI is InChI=1S/C8H16O4/c1-4-12-8(9)5-7(11-3)6-10-2/h7H,4-6H2,1-3H3. The third-order valence-electron chi connectivity index (χ3n) is 1.39. The molecule has 0 saturated carbocycles. The maximum Gasteiger partial charge on any atom is 0.308 e. The molecule has 0 aromatic rings. The highest BCUT2D eigenvalue weighted by Gasteiger charge is 2.13. The van der Waals surface area contributed by atoms with Crippen LogP contribution in [0.3, 0.4) is 0 Å². The summed E-state index contributed by atoms with van der Waals surface area (Å²) >= 11 is 0. The van der Waals surface area contributed by atoms with Crippen LogP contribution in [-0.4, -0.2) is 39.5 Å². The van der Waals surface area contributed by atoms with Crippen LogP contribution in [0.15, 0.2) is 0 Å². The number of carbonyl (C=O) groups is 1. The molecule has 0 amide bonds. The molecule has 0 aliphatic rings. The van der Waals surface area contributed by atoms with Crippen LogP contribution < -0.4 is 0 Å². The smallest absolute Gasteiger partial charge is 0.308 e. The maximum atomic E-state index is 10.9. The van der Waals surface area contributed by atoms with E-state index in [0.717, 1.165) is 0 Å². The van der Waals surface area contributed by atoms with E-state index in [2.05, 4.69) is 0 Å². The zero-order chi connectivity index (χ0) is 9.40. The van der Waals surface area contributed by atoms with Crippen molar-refractivity contribution in [2.45, 2.75) is 19.4 Å². The molecule has 0 aliphatic heterocycles. The summed E-state index contributed by atoms with van der Waals surface area (Å²) in [6.45, 7) is 2.59. The van der Waals surface area contributed by atoms with Gasteiger partial charge in [0.1, 0.15) is 0 Å². The summed E-state index contributed by atoms with van der Waals surface area (Å²) in [7, 11) is 3.11. The molecule has 4 nitrogen and oxygen atoms in total. The lowest BCUT2D eigenvalue weighted by atomic mass is 10.3. The van der Waals surface area contributed by atoms with Crippen LogP contribution in [0.1, 0.15) is 13.3 Å². The lowest BCUT2D eigenvalue weighted by Crippen LogP contribution is -2.22. The van der Waals surface area contributed by atoms with Gasteiger partial charge in [-0.2, -0.15) is 0 Å². The summed E-state index contributed by atoms with van der Waals surface area (Å²) < 4.78 is 14.6. The quantitative estimate of drug-likeness (QED) is 0.556. The van der Waals surface area contributed by atoms with Gasteiger partial charge in [0.05, 0.1) is 25.7 Å². The van der Waals surface area contributed by atoms with Crippen LogP contribution in [0.2, 0.25) is 0 Å². The van der Waals surface area contributed by atoms with Gasteiger partial charge in [-0.05, 0) is 6.92 Å². The molecule has 0 rings (SSSR count). The fourth-order valence-corrected chi connectivity index (χ4v) is 0.802. The Morgan fingerprint density at radius 3 is 2.50 bits per heavy atom. The van der Waals surface area contributed by atoms with Crippen LogP contribution >= 0.6 is 0 Å². The predicted molar refractivity (Wildman–Crippen MR) is 43.9 cm³/mol. The summed E-state index contributed by atoms with van der Waals surface area (Å²) in [6.07, 6.45) is 0.0482. The Bertz CT molecular complexity index is 124. The molecule has 0 heterocycles. The van der Waals surface area contributed by atoms with Crippen molar-refractivity contribution in [3.63, 3.8) is 0 Å². The Hall–Kier alpha value is -0.610. The van der Waals surface area contributed by atoms with Gasteiger partial charge in [0, 0.05) is 14.2 Å². The molecular weight excluding hydrogens is 160 g/mol. The molecule has 0 bridgehead atoms. The van der Waals surface area contributed by atoms with Gasteiger partial charge >= 0.3 is 5.97 Å². The zero-order valence-corrected chi connectivity index (χ0v) is 7.83. The van der Waals surface area contributed by atoms with E-state index in [4.69, 9.17) is 14.2 Å². The van der Waals surface area contributed by atoms with E-state index < -0.39 is 0 Å². The molecule has 0 aromatic heterocycles. The maximum absolute atomic E-state index is 10.9. The molecule has 0 aliphatic carbocycles. The molecule has 12 heavy (non-hydrogen) atoms. The Kier molecular flexibility index (Phi) is 6.70. The Labute approximate surface area is 72.8 Å². The van der Waals surface area contributed by atoms with E-state index in [1.807, 2.05) is 0 Å². The van der Waals surface area contributed by atoms with Gasteiger partial charge < -0.3 is 14.2 Å². The van der Waals surface area contributed by atoms with Gasteiger partial charge in [0.25, 0.3) is 0 Å². The molecule has 1 unspecified atom stereocenters. The Morgan fingerprint density at radius 1 is 1.42 bits per heavy atom. The molecular formula is C8H16O4. The largest absolute Gasteiger partial charge is 0.466 e. The number of ether oxygens (including phenoxy) is 3. The van der Waals surface area contributed by atoms with Crippen molar-refractivity contribution in [2.24, 2.45) is 0 Å². The monoisotopic (exact) mass is 176 g/mol. The Morgan fingerprint density at radius 2 is 2.08 bits per heavy atom. The Balaban J connectivity index is 3.61. The van der Waals surface area contributed by atoms with Crippen LogP contribution in [0.25, 0.3) is 0 Å². The fraction of sp³-hybridized carbons (Fsp3) is 0.875. The normalized spacial score (nSPS) is 12.6. The van der Waals surface area contributed by atoms with Gasteiger partial charge in [0.15, 0.2) is 0 Å². The summed E-state index contributed by atoms with van der Waals surface area (Å²) in [5.41, 5.74) is 0. The average molecular weight is 176 g/mol. The van der Waals surface area contributed by atoms with Gasteiger partial charge in [0.2, 0.25) is 0 Å². The fourth-order valence-electron chi connectivity index (χ4n) is 0.802. The molecule has 1 atom stereocenters. The first-order valence-electron chi connectivity index (χ1n) is 3.91. The summed E-state index contributed by atoms with van der Waals surface area (Å²) in [5.74, 6) is -0.249. The highest BCUT2D eigenvalue weighted by molar-refractivity contribution is 5.69. The van der Waals surface area contributed by atoms with Gasteiger partial charge in [-0.3, -0.25) is 4.79 Å². The molecule has 0 N–H and O–H groups in total. The van der Waals surface area contributed by atoms with Crippen molar-refractivity contribution in [2.75, 3.05) is 27.4 Å². The van der Waals surface area contributed by atoms with E-state index in [0.29, 0.717) is 13.2 Å². The van der Waals surface area contributed by atoms with Crippen LogP contribution in [0.5, 0.6) is 0 Å². The minimum atomic E-state index is -0.249. The minimum absolute atomic E-state index is 0.200. The summed E-state index contributed by atoms with van der Waals surface area (Å²) in [6, 6.07) is 0.